The summed E-state index contributed by atoms with van der Waals surface area (Å²) in [5.74, 6) is 0.575. The highest BCUT2D eigenvalue weighted by molar-refractivity contribution is 7.11. The molecule has 11 nitrogen and oxygen atoms in total. The number of amides is 2. The first-order valence-corrected chi connectivity index (χ1v) is 14.8. The maximum absolute atomic E-state index is 14.2. The number of carbonyl (C=O) groups excluding carboxylic acids is 2. The van der Waals surface area contributed by atoms with Crippen molar-refractivity contribution in [2.45, 2.75) is 51.4 Å². The molecule has 13 heteroatoms. The number of thiazole rings is 1. The number of piperazine rings is 1. The van der Waals surface area contributed by atoms with Crippen LogP contribution in [-0.2, 0) is 14.3 Å². The van der Waals surface area contributed by atoms with Gasteiger partial charge in [0.1, 0.15) is 17.9 Å². The van der Waals surface area contributed by atoms with Crippen LogP contribution in [0.15, 0.2) is 46.0 Å². The summed E-state index contributed by atoms with van der Waals surface area (Å²) in [6, 6.07) is 1.13. The van der Waals surface area contributed by atoms with Crippen molar-refractivity contribution < 1.29 is 28.6 Å². The van der Waals surface area contributed by atoms with Gasteiger partial charge in [-0.1, -0.05) is 12.0 Å². The number of terminal acetylenes is 1. The first-order chi connectivity index (χ1) is 20.4. The summed E-state index contributed by atoms with van der Waals surface area (Å²) in [6.07, 6.45) is 7.36. The van der Waals surface area contributed by atoms with Crippen LogP contribution in [0, 0.1) is 18.2 Å². The summed E-state index contributed by atoms with van der Waals surface area (Å²) in [7, 11) is 0. The average molecular weight is 609 g/mol. The summed E-state index contributed by atoms with van der Waals surface area (Å²) in [4.78, 5) is 53.8. The Morgan fingerprint density at radius 1 is 1.30 bits per heavy atom. The predicted octanol–water partition coefficient (Wildman–Crippen LogP) is 2.85. The Bertz CT molecular complexity index is 1540. The van der Waals surface area contributed by atoms with E-state index in [-0.39, 0.29) is 43.4 Å². The quantitative estimate of drug-likeness (QED) is 0.363. The molecule has 0 spiro atoms. The number of halogens is 1. The van der Waals surface area contributed by atoms with E-state index in [4.69, 9.17) is 16.2 Å². The summed E-state index contributed by atoms with van der Waals surface area (Å²) < 4.78 is 19.6. The van der Waals surface area contributed by atoms with E-state index in [1.165, 1.54) is 29.5 Å². The Hall–Kier alpha value is -4.28. The van der Waals surface area contributed by atoms with Gasteiger partial charge in [-0.05, 0) is 45.4 Å². The Kier molecular flexibility index (Phi) is 8.27. The summed E-state index contributed by atoms with van der Waals surface area (Å²) in [6.45, 7) is 8.33. The highest BCUT2D eigenvalue weighted by atomic mass is 32.1. The molecule has 5 rings (SSSR count). The molecule has 0 saturated carbocycles. The lowest BCUT2D eigenvalue weighted by atomic mass is 9.91. The normalized spacial score (nSPS) is 22.6. The van der Waals surface area contributed by atoms with Crippen molar-refractivity contribution >= 4 is 35.1 Å². The topological polar surface area (TPSA) is 128 Å². The molecule has 1 aromatic carbocycles. The summed E-state index contributed by atoms with van der Waals surface area (Å²) in [5.41, 5.74) is 0.660. The number of hydrogen-bond donors (Lipinski definition) is 2. The van der Waals surface area contributed by atoms with Crippen molar-refractivity contribution in [1.82, 2.24) is 25.0 Å². The minimum Gasteiger partial charge on any atom is -0.480 e. The molecule has 0 aliphatic carbocycles. The van der Waals surface area contributed by atoms with Crippen LogP contribution < -0.4 is 5.32 Å². The third kappa shape index (κ3) is 5.72. The van der Waals surface area contributed by atoms with Crippen molar-refractivity contribution in [2.24, 2.45) is 4.99 Å². The monoisotopic (exact) mass is 608 g/mol. The van der Waals surface area contributed by atoms with Gasteiger partial charge in [-0.3, -0.25) is 14.7 Å². The fourth-order valence-corrected chi connectivity index (χ4v) is 6.40. The highest BCUT2D eigenvalue weighted by Gasteiger charge is 2.52. The summed E-state index contributed by atoms with van der Waals surface area (Å²) >= 11 is 1.33. The van der Waals surface area contributed by atoms with Crippen LogP contribution in [0.25, 0.3) is 0 Å². The number of ether oxygens (including phenoxy) is 1. The number of carbonyl (C=O) groups is 3. The van der Waals surface area contributed by atoms with E-state index in [2.05, 4.69) is 16.2 Å². The average Bonchev–Trinajstić information content (AvgIpc) is 3.61. The minimum atomic E-state index is -1.08. The Morgan fingerprint density at radius 3 is 2.70 bits per heavy atom. The molecular formula is C30H33FN6O5S. The number of aliphatic carboxylic acids is 1. The number of carboxylic acid groups (broad SMARTS) is 1. The van der Waals surface area contributed by atoms with Gasteiger partial charge >= 0.3 is 18.0 Å². The number of rotatable bonds is 7. The predicted molar refractivity (Wildman–Crippen MR) is 158 cm³/mol. The number of nitrogens with one attached hydrogen (secondary N) is 1. The number of esters is 1. The Morgan fingerprint density at radius 2 is 2.07 bits per heavy atom. The number of urea groups is 1. The van der Waals surface area contributed by atoms with Crippen LogP contribution in [0.2, 0.25) is 0 Å². The standard InChI is InChI=1S/C30H33FN6O5S/c1-6-17-14-18(31)8-9-19(17)23-22(28(40)42-7-2)20(33-25(34-23)26-32-10-13-43-26)15-35-11-12-36-21(24(35)27(38)39)16-37(29(36)41)30(3,4)5/h1,8-10,13-14,21,23-24H,7,11-12,15-16H2,2-5H3,(H,33,34)(H,38,39)/t21-,23?,24+/m0/s1. The van der Waals surface area contributed by atoms with Gasteiger partial charge < -0.3 is 25.0 Å². The van der Waals surface area contributed by atoms with E-state index in [1.807, 2.05) is 20.8 Å². The largest absolute Gasteiger partial charge is 0.480 e. The van der Waals surface area contributed by atoms with Crippen LogP contribution in [-0.4, -0.2) is 99.0 Å². The van der Waals surface area contributed by atoms with Crippen molar-refractivity contribution in [3.63, 3.8) is 0 Å². The molecule has 1 unspecified atom stereocenters. The Labute approximate surface area is 253 Å². The van der Waals surface area contributed by atoms with Crippen molar-refractivity contribution in [3.05, 3.63) is 63.0 Å². The molecule has 226 valence electrons. The first-order valence-electron chi connectivity index (χ1n) is 13.9. The second kappa shape index (κ2) is 11.8. The van der Waals surface area contributed by atoms with Crippen molar-refractivity contribution in [2.75, 3.05) is 32.8 Å². The molecule has 43 heavy (non-hydrogen) atoms. The van der Waals surface area contributed by atoms with Gasteiger partial charge in [0.2, 0.25) is 0 Å². The molecule has 1 aromatic heterocycles. The van der Waals surface area contributed by atoms with E-state index >= 15 is 0 Å². The zero-order valence-electron chi connectivity index (χ0n) is 24.3. The van der Waals surface area contributed by atoms with Gasteiger partial charge in [-0.15, -0.1) is 17.8 Å². The molecule has 2 aromatic rings. The van der Waals surface area contributed by atoms with Gasteiger partial charge in [0.05, 0.1) is 18.2 Å². The molecule has 0 radical (unpaired) electrons. The second-order valence-corrected chi connectivity index (χ2v) is 12.3. The molecule has 2 fully saturated rings. The molecule has 2 amide bonds. The summed E-state index contributed by atoms with van der Waals surface area (Å²) in [5, 5.41) is 16.0. The zero-order chi connectivity index (χ0) is 31.1. The first kappa shape index (κ1) is 30.2. The number of amidine groups is 1. The molecule has 2 N–H and O–H groups in total. The van der Waals surface area contributed by atoms with E-state index < -0.39 is 41.4 Å². The molecule has 3 atom stereocenters. The lowest BCUT2D eigenvalue weighted by molar-refractivity contribution is -0.147. The Balaban J connectivity index is 1.60. The SMILES string of the molecule is C#Cc1cc(F)ccc1C1N=C(c2nccs2)NC(CN2CCN3C(=O)N(C(C)(C)C)C[C@H]3[C@@H]2C(=O)O)=C1C(=O)OCC. The van der Waals surface area contributed by atoms with Crippen LogP contribution in [0.4, 0.5) is 9.18 Å². The molecule has 0 bridgehead atoms. The molecule has 3 aliphatic heterocycles. The fraction of sp³-hybridized carbons (Fsp3) is 0.433. The third-order valence-electron chi connectivity index (χ3n) is 7.78. The number of carboxylic acids is 1. The number of benzene rings is 1. The number of aliphatic imine (C=N–C) groups is 1. The minimum absolute atomic E-state index is 0.00659. The third-order valence-corrected chi connectivity index (χ3v) is 8.56. The van der Waals surface area contributed by atoms with E-state index in [9.17, 15) is 23.9 Å². The van der Waals surface area contributed by atoms with Gasteiger partial charge in [0.25, 0.3) is 0 Å². The van der Waals surface area contributed by atoms with E-state index in [0.717, 1.165) is 0 Å². The van der Waals surface area contributed by atoms with Crippen molar-refractivity contribution in [3.8, 4) is 12.3 Å². The van der Waals surface area contributed by atoms with Gasteiger partial charge in [0, 0.05) is 54.6 Å². The number of nitrogens with zero attached hydrogens (tertiary/aromatic N) is 5. The van der Waals surface area contributed by atoms with Crippen LogP contribution in [0.3, 0.4) is 0 Å². The van der Waals surface area contributed by atoms with Gasteiger partial charge in [0.15, 0.2) is 10.8 Å². The van der Waals surface area contributed by atoms with E-state index in [1.54, 1.807) is 33.2 Å². The smallest absolute Gasteiger partial charge is 0.338 e. The number of hydrogen-bond acceptors (Lipinski definition) is 9. The highest BCUT2D eigenvalue weighted by Crippen LogP contribution is 2.36. The second-order valence-electron chi connectivity index (χ2n) is 11.4. The number of aromatic nitrogens is 1. The lowest BCUT2D eigenvalue weighted by Gasteiger charge is -2.42. The maximum atomic E-state index is 14.2. The van der Waals surface area contributed by atoms with Crippen LogP contribution >= 0.6 is 11.3 Å². The maximum Gasteiger partial charge on any atom is 0.338 e. The lowest BCUT2D eigenvalue weighted by Crippen LogP contribution is -2.62. The van der Waals surface area contributed by atoms with Gasteiger partial charge in [-0.25, -0.2) is 19.0 Å². The van der Waals surface area contributed by atoms with Crippen molar-refractivity contribution in [1.29, 1.82) is 0 Å². The molecule has 2 saturated heterocycles. The molecular weight excluding hydrogens is 575 g/mol. The fourth-order valence-electron chi connectivity index (χ4n) is 5.81. The van der Waals surface area contributed by atoms with Crippen LogP contribution in [0.1, 0.15) is 49.9 Å². The van der Waals surface area contributed by atoms with Gasteiger partial charge in [-0.2, -0.15) is 0 Å². The van der Waals surface area contributed by atoms with Crippen LogP contribution in [0.5, 0.6) is 0 Å². The van der Waals surface area contributed by atoms with E-state index in [0.29, 0.717) is 28.6 Å². The number of fused-ring (bicyclic) bond motifs is 1. The zero-order valence-corrected chi connectivity index (χ0v) is 25.2. The molecule has 3 aliphatic rings. The molecule has 4 heterocycles.